The van der Waals surface area contributed by atoms with Gasteiger partial charge in [-0.05, 0) is 43.0 Å². The number of rotatable bonds is 4. The van der Waals surface area contributed by atoms with Crippen LogP contribution in [-0.4, -0.2) is 35.6 Å². The number of amides is 1. The van der Waals surface area contributed by atoms with Crippen LogP contribution in [0, 0.1) is 6.92 Å². The number of sulfone groups is 1. The van der Waals surface area contributed by atoms with E-state index in [2.05, 4.69) is 10.4 Å². The minimum absolute atomic E-state index is 0.0906. The van der Waals surface area contributed by atoms with Gasteiger partial charge in [0.2, 0.25) is 0 Å². The third kappa shape index (κ3) is 3.92. The van der Waals surface area contributed by atoms with Crippen molar-refractivity contribution in [1.29, 1.82) is 0 Å². The van der Waals surface area contributed by atoms with Crippen molar-refractivity contribution in [2.75, 3.05) is 16.8 Å². The first kappa shape index (κ1) is 17.7. The van der Waals surface area contributed by atoms with Gasteiger partial charge >= 0.3 is 0 Å². The molecule has 0 unspecified atom stereocenters. The maximum atomic E-state index is 12.6. The van der Waals surface area contributed by atoms with Gasteiger partial charge in [-0.1, -0.05) is 26.0 Å². The van der Waals surface area contributed by atoms with E-state index in [1.165, 1.54) is 0 Å². The van der Waals surface area contributed by atoms with Gasteiger partial charge in [0.15, 0.2) is 15.5 Å². The lowest BCUT2D eigenvalue weighted by atomic mass is 10.1. The van der Waals surface area contributed by atoms with Gasteiger partial charge in [-0.25, -0.2) is 8.42 Å². The minimum Gasteiger partial charge on any atom is -0.321 e. The van der Waals surface area contributed by atoms with Crippen LogP contribution in [0.15, 0.2) is 30.3 Å². The van der Waals surface area contributed by atoms with Crippen molar-refractivity contribution in [2.45, 2.75) is 39.2 Å². The fourth-order valence-electron chi connectivity index (χ4n) is 3.13. The van der Waals surface area contributed by atoms with Gasteiger partial charge < -0.3 is 5.32 Å². The minimum atomic E-state index is -3.01. The fourth-order valence-corrected chi connectivity index (χ4v) is 4.82. The predicted molar refractivity (Wildman–Crippen MR) is 97.8 cm³/mol. The highest BCUT2D eigenvalue weighted by Crippen LogP contribution is 2.28. The molecule has 1 amide bonds. The summed E-state index contributed by atoms with van der Waals surface area (Å²) in [4.78, 5) is 12.6. The van der Waals surface area contributed by atoms with E-state index in [0.717, 1.165) is 11.3 Å². The number of hydrogen-bond donors (Lipinski definition) is 1. The summed E-state index contributed by atoms with van der Waals surface area (Å²) >= 11 is 0. The van der Waals surface area contributed by atoms with Crippen molar-refractivity contribution in [3.05, 3.63) is 47.3 Å². The van der Waals surface area contributed by atoms with Crippen LogP contribution in [0.4, 0.5) is 5.69 Å². The third-order valence-corrected chi connectivity index (χ3v) is 6.17. The van der Waals surface area contributed by atoms with Crippen molar-refractivity contribution < 1.29 is 13.2 Å². The van der Waals surface area contributed by atoms with E-state index in [0.29, 0.717) is 17.8 Å². The molecule has 0 radical (unpaired) electrons. The van der Waals surface area contributed by atoms with Gasteiger partial charge in [-0.15, -0.1) is 0 Å². The topological polar surface area (TPSA) is 81.1 Å². The van der Waals surface area contributed by atoms with E-state index in [-0.39, 0.29) is 29.4 Å². The molecule has 0 aliphatic carbocycles. The molecule has 1 atom stereocenters. The molecule has 1 saturated heterocycles. The molecule has 3 rings (SSSR count). The van der Waals surface area contributed by atoms with E-state index in [4.69, 9.17) is 0 Å². The van der Waals surface area contributed by atoms with Crippen LogP contribution in [0.25, 0.3) is 0 Å². The number of aromatic nitrogens is 2. The highest BCUT2D eigenvalue weighted by Gasteiger charge is 2.32. The molecule has 0 spiro atoms. The Labute approximate surface area is 148 Å². The molecule has 1 aromatic heterocycles. The van der Waals surface area contributed by atoms with Crippen molar-refractivity contribution in [2.24, 2.45) is 0 Å². The Morgan fingerprint density at radius 1 is 1.32 bits per heavy atom. The second-order valence-corrected chi connectivity index (χ2v) is 9.16. The first-order chi connectivity index (χ1) is 11.7. The zero-order chi connectivity index (χ0) is 18.2. The number of benzene rings is 1. The average Bonchev–Trinajstić information content (AvgIpc) is 3.10. The first-order valence-electron chi connectivity index (χ1n) is 8.43. The summed E-state index contributed by atoms with van der Waals surface area (Å²) in [7, 11) is -3.01. The average molecular weight is 361 g/mol. The summed E-state index contributed by atoms with van der Waals surface area (Å²) in [5, 5.41) is 7.29. The zero-order valence-corrected chi connectivity index (χ0v) is 15.5. The van der Waals surface area contributed by atoms with Gasteiger partial charge in [-0.2, -0.15) is 5.10 Å². The van der Waals surface area contributed by atoms with E-state index >= 15 is 0 Å². The largest absolute Gasteiger partial charge is 0.321 e. The second kappa shape index (κ2) is 6.63. The molecule has 1 N–H and O–H groups in total. The standard InChI is InChI=1S/C18H23N3O3S/c1-12(2)17-10-16(18(22)19-14-6-4-5-13(3)9-14)20-21(17)15-7-8-25(23,24)11-15/h4-6,9-10,12,15H,7-8,11H2,1-3H3,(H,19,22)/t15-/m1/s1. The SMILES string of the molecule is Cc1cccc(NC(=O)c2cc(C(C)C)n([C@@H]3CCS(=O)(=O)C3)n2)c1. The normalized spacial score (nSPS) is 19.3. The molecule has 7 heteroatoms. The number of carbonyl (C=O) groups excluding carboxylic acids is 1. The lowest BCUT2D eigenvalue weighted by molar-refractivity contribution is 0.102. The molecule has 1 aliphatic heterocycles. The smallest absolute Gasteiger partial charge is 0.276 e. The summed E-state index contributed by atoms with van der Waals surface area (Å²) in [6, 6.07) is 9.13. The van der Waals surface area contributed by atoms with Crippen LogP contribution in [0.2, 0.25) is 0 Å². The van der Waals surface area contributed by atoms with E-state index in [9.17, 15) is 13.2 Å². The summed E-state index contributed by atoms with van der Waals surface area (Å²) in [6.45, 7) is 5.99. The molecular formula is C18H23N3O3S. The van der Waals surface area contributed by atoms with E-state index < -0.39 is 9.84 Å². The number of nitrogens with one attached hydrogen (secondary N) is 1. The van der Waals surface area contributed by atoms with Crippen LogP contribution in [0.5, 0.6) is 0 Å². The van der Waals surface area contributed by atoms with Crippen LogP contribution in [0.1, 0.15) is 54.0 Å². The Morgan fingerprint density at radius 3 is 2.68 bits per heavy atom. The summed E-state index contributed by atoms with van der Waals surface area (Å²) in [5.74, 6) is 0.135. The zero-order valence-electron chi connectivity index (χ0n) is 14.7. The van der Waals surface area contributed by atoms with Crippen molar-refractivity contribution in [1.82, 2.24) is 9.78 Å². The molecule has 6 nitrogen and oxygen atoms in total. The van der Waals surface area contributed by atoms with Gasteiger partial charge in [0, 0.05) is 11.4 Å². The molecule has 1 aromatic carbocycles. The van der Waals surface area contributed by atoms with Crippen molar-refractivity contribution in [3.63, 3.8) is 0 Å². The lowest BCUT2D eigenvalue weighted by Crippen LogP contribution is -2.17. The Bertz CT molecular complexity index is 900. The Balaban J connectivity index is 1.87. The maximum absolute atomic E-state index is 12.6. The number of nitrogens with zero attached hydrogens (tertiary/aromatic N) is 2. The van der Waals surface area contributed by atoms with Crippen LogP contribution >= 0.6 is 0 Å². The Hall–Kier alpha value is -2.15. The third-order valence-electron chi connectivity index (χ3n) is 4.42. The first-order valence-corrected chi connectivity index (χ1v) is 10.3. The fraction of sp³-hybridized carbons (Fsp3) is 0.444. The molecule has 2 heterocycles. The van der Waals surface area contributed by atoms with Gasteiger partial charge in [0.1, 0.15) is 0 Å². The van der Waals surface area contributed by atoms with Gasteiger partial charge in [0.05, 0.1) is 17.5 Å². The molecule has 2 aromatic rings. The molecule has 25 heavy (non-hydrogen) atoms. The number of anilines is 1. The van der Waals surface area contributed by atoms with Crippen molar-refractivity contribution >= 4 is 21.4 Å². The van der Waals surface area contributed by atoms with Gasteiger partial charge in [0.25, 0.3) is 5.91 Å². The highest BCUT2D eigenvalue weighted by molar-refractivity contribution is 7.91. The Morgan fingerprint density at radius 2 is 2.08 bits per heavy atom. The number of aryl methyl sites for hydroxylation is 1. The molecular weight excluding hydrogens is 338 g/mol. The monoisotopic (exact) mass is 361 g/mol. The molecule has 134 valence electrons. The highest BCUT2D eigenvalue weighted by atomic mass is 32.2. The number of hydrogen-bond acceptors (Lipinski definition) is 4. The van der Waals surface area contributed by atoms with Crippen molar-refractivity contribution in [3.8, 4) is 0 Å². The van der Waals surface area contributed by atoms with E-state index in [1.807, 2.05) is 45.0 Å². The summed E-state index contributed by atoms with van der Waals surface area (Å²) in [6.07, 6.45) is 0.544. The Kier molecular flexibility index (Phi) is 4.69. The summed E-state index contributed by atoms with van der Waals surface area (Å²) < 4.78 is 25.3. The van der Waals surface area contributed by atoms with Crippen LogP contribution in [0.3, 0.4) is 0 Å². The second-order valence-electron chi connectivity index (χ2n) is 6.93. The maximum Gasteiger partial charge on any atom is 0.276 e. The quantitative estimate of drug-likeness (QED) is 0.908. The molecule has 1 fully saturated rings. The lowest BCUT2D eigenvalue weighted by Gasteiger charge is -2.15. The number of carbonyl (C=O) groups is 1. The molecule has 1 aliphatic rings. The summed E-state index contributed by atoms with van der Waals surface area (Å²) in [5.41, 5.74) is 2.97. The van der Waals surface area contributed by atoms with E-state index in [1.54, 1.807) is 10.7 Å². The predicted octanol–water partition coefficient (Wildman–Crippen LogP) is 2.93. The van der Waals surface area contributed by atoms with Crippen LogP contribution in [-0.2, 0) is 9.84 Å². The molecule has 0 bridgehead atoms. The van der Waals surface area contributed by atoms with Crippen LogP contribution < -0.4 is 5.32 Å². The van der Waals surface area contributed by atoms with Gasteiger partial charge in [-0.3, -0.25) is 9.48 Å². The molecule has 0 saturated carbocycles.